The average Bonchev–Trinajstić information content (AvgIpc) is 2.86. The van der Waals surface area contributed by atoms with Crippen molar-refractivity contribution in [3.05, 3.63) is 17.5 Å². The normalized spacial score (nSPS) is 22.2. The molecule has 0 bridgehead atoms. The summed E-state index contributed by atoms with van der Waals surface area (Å²) >= 11 is 0. The number of nitrogens with one attached hydrogen (secondary N) is 2. The van der Waals surface area contributed by atoms with E-state index in [0.717, 1.165) is 43.6 Å². The van der Waals surface area contributed by atoms with Gasteiger partial charge in [0.25, 0.3) is 0 Å². The minimum absolute atomic E-state index is 0.0643. The maximum Gasteiger partial charge on any atom is 0.314 e. The lowest BCUT2D eigenvalue weighted by atomic mass is 9.92. The largest absolute Gasteiger partial charge is 0.338 e. The molecular weight excluding hydrogens is 326 g/mol. The van der Waals surface area contributed by atoms with Crippen LogP contribution in [-0.4, -0.2) is 53.4 Å². The highest BCUT2D eigenvalue weighted by molar-refractivity contribution is 5.73. The summed E-state index contributed by atoms with van der Waals surface area (Å²) in [7, 11) is 0. The van der Waals surface area contributed by atoms with Crippen molar-refractivity contribution in [1.82, 2.24) is 25.3 Å². The van der Waals surface area contributed by atoms with Crippen molar-refractivity contribution in [2.24, 2.45) is 17.8 Å². The zero-order chi connectivity index (χ0) is 19.1. The summed E-state index contributed by atoms with van der Waals surface area (Å²) in [5, 5.41) is 10.4. The highest BCUT2D eigenvalue weighted by atomic mass is 16.2. The van der Waals surface area contributed by atoms with Gasteiger partial charge in [0, 0.05) is 38.4 Å². The number of urea groups is 1. The summed E-state index contributed by atoms with van der Waals surface area (Å²) in [6, 6.07) is 2.02. The van der Waals surface area contributed by atoms with Crippen LogP contribution >= 0.6 is 0 Å². The molecule has 2 amide bonds. The topological polar surface area (TPSA) is 62.2 Å². The molecule has 0 aliphatic carbocycles. The Hall–Kier alpha value is -1.56. The number of piperidine rings is 1. The predicted octanol–water partition coefficient (Wildman–Crippen LogP) is 2.80. The van der Waals surface area contributed by atoms with Crippen LogP contribution in [0.4, 0.5) is 4.79 Å². The van der Waals surface area contributed by atoms with E-state index in [0.29, 0.717) is 12.5 Å². The first-order valence-electron chi connectivity index (χ1n) is 10.1. The fourth-order valence-electron chi connectivity index (χ4n) is 4.03. The molecule has 0 spiro atoms. The van der Waals surface area contributed by atoms with Crippen LogP contribution in [0.3, 0.4) is 0 Å². The van der Waals surface area contributed by atoms with Gasteiger partial charge < -0.3 is 15.5 Å². The van der Waals surface area contributed by atoms with Crippen LogP contribution in [0, 0.1) is 31.6 Å². The smallest absolute Gasteiger partial charge is 0.314 e. The third kappa shape index (κ3) is 6.98. The molecule has 2 rings (SSSR count). The quantitative estimate of drug-likeness (QED) is 0.698. The second-order valence-electron chi connectivity index (χ2n) is 8.41. The van der Waals surface area contributed by atoms with Crippen LogP contribution in [0.1, 0.15) is 45.0 Å². The summed E-state index contributed by atoms with van der Waals surface area (Å²) in [4.78, 5) is 14.5. The first-order valence-corrected chi connectivity index (χ1v) is 10.1. The summed E-state index contributed by atoms with van der Waals surface area (Å²) in [6.07, 6.45) is 2.35. The van der Waals surface area contributed by atoms with Crippen molar-refractivity contribution in [1.29, 1.82) is 0 Å². The molecule has 0 unspecified atom stereocenters. The van der Waals surface area contributed by atoms with E-state index in [9.17, 15) is 4.79 Å². The Bertz CT molecular complexity index is 561. The summed E-state index contributed by atoms with van der Waals surface area (Å²) < 4.78 is 2.01. The number of rotatable bonds is 8. The predicted molar refractivity (Wildman–Crippen MR) is 106 cm³/mol. The Labute approximate surface area is 158 Å². The maximum absolute atomic E-state index is 12.0. The zero-order valence-corrected chi connectivity index (χ0v) is 17.2. The van der Waals surface area contributed by atoms with Crippen molar-refractivity contribution in [2.45, 2.75) is 54.0 Å². The Morgan fingerprint density at radius 2 is 1.96 bits per heavy atom. The highest BCUT2D eigenvalue weighted by Gasteiger charge is 2.21. The monoisotopic (exact) mass is 363 g/mol. The van der Waals surface area contributed by atoms with Gasteiger partial charge in [0.15, 0.2) is 0 Å². The van der Waals surface area contributed by atoms with Gasteiger partial charge in [-0.15, -0.1) is 0 Å². The van der Waals surface area contributed by atoms with Gasteiger partial charge in [-0.1, -0.05) is 20.8 Å². The number of nitrogens with zero attached hydrogens (tertiary/aromatic N) is 3. The van der Waals surface area contributed by atoms with Crippen LogP contribution in [0.25, 0.3) is 0 Å². The SMILES string of the molecule is Cc1cc(C)n(C[C@@H](C)CNC(=O)NCCCN2C[C@@H](C)C[C@H](C)C2)n1. The number of amides is 2. The van der Waals surface area contributed by atoms with Gasteiger partial charge >= 0.3 is 6.03 Å². The van der Waals surface area contributed by atoms with Gasteiger partial charge in [0.2, 0.25) is 0 Å². The third-order valence-corrected chi connectivity index (χ3v) is 5.08. The van der Waals surface area contributed by atoms with Gasteiger partial charge in [-0.25, -0.2) is 4.79 Å². The molecule has 1 aromatic rings. The van der Waals surface area contributed by atoms with Crippen molar-refractivity contribution < 1.29 is 4.79 Å². The molecule has 6 nitrogen and oxygen atoms in total. The standard InChI is InChI=1S/C20H37N5O/c1-15-9-16(2)13-24(12-15)8-6-7-21-20(26)22-11-17(3)14-25-19(5)10-18(4)23-25/h10,15-17H,6-9,11-14H2,1-5H3,(H2,21,22,26)/t15-,16-,17-/m0/s1. The van der Waals surface area contributed by atoms with Gasteiger partial charge in [-0.3, -0.25) is 4.68 Å². The minimum Gasteiger partial charge on any atom is -0.338 e. The van der Waals surface area contributed by atoms with Crippen LogP contribution < -0.4 is 10.6 Å². The van der Waals surface area contributed by atoms with Crippen LogP contribution in [0.5, 0.6) is 0 Å². The Balaban J connectivity index is 1.56. The molecule has 0 radical (unpaired) electrons. The van der Waals surface area contributed by atoms with Crippen LogP contribution in [0.15, 0.2) is 6.07 Å². The van der Waals surface area contributed by atoms with E-state index in [1.54, 1.807) is 0 Å². The van der Waals surface area contributed by atoms with E-state index in [-0.39, 0.29) is 6.03 Å². The lowest BCUT2D eigenvalue weighted by Gasteiger charge is -2.34. The second-order valence-corrected chi connectivity index (χ2v) is 8.41. The van der Waals surface area contributed by atoms with Gasteiger partial charge in [0.1, 0.15) is 0 Å². The molecule has 2 N–H and O–H groups in total. The minimum atomic E-state index is -0.0643. The zero-order valence-electron chi connectivity index (χ0n) is 17.2. The fourth-order valence-corrected chi connectivity index (χ4v) is 4.03. The Morgan fingerprint density at radius 1 is 1.27 bits per heavy atom. The molecule has 26 heavy (non-hydrogen) atoms. The average molecular weight is 364 g/mol. The van der Waals surface area contributed by atoms with Gasteiger partial charge in [0.05, 0.1) is 5.69 Å². The first-order chi connectivity index (χ1) is 12.3. The highest BCUT2D eigenvalue weighted by Crippen LogP contribution is 2.20. The summed E-state index contributed by atoms with van der Waals surface area (Å²) in [5.41, 5.74) is 2.21. The van der Waals surface area contributed by atoms with Gasteiger partial charge in [-0.05, 0) is 57.1 Å². The molecule has 6 heteroatoms. The Kier molecular flexibility index (Phi) is 7.94. The van der Waals surface area contributed by atoms with E-state index < -0.39 is 0 Å². The van der Waals surface area contributed by atoms with Crippen molar-refractivity contribution in [3.8, 4) is 0 Å². The van der Waals surface area contributed by atoms with Crippen LogP contribution in [-0.2, 0) is 6.54 Å². The van der Waals surface area contributed by atoms with Crippen molar-refractivity contribution in [3.63, 3.8) is 0 Å². The molecule has 1 fully saturated rings. The molecule has 0 aromatic carbocycles. The van der Waals surface area contributed by atoms with Crippen molar-refractivity contribution in [2.75, 3.05) is 32.7 Å². The molecule has 3 atom stereocenters. The maximum atomic E-state index is 12.0. The van der Waals surface area contributed by atoms with E-state index in [4.69, 9.17) is 0 Å². The van der Waals surface area contributed by atoms with Crippen LogP contribution in [0.2, 0.25) is 0 Å². The number of hydrogen-bond acceptors (Lipinski definition) is 3. The van der Waals surface area contributed by atoms with E-state index in [2.05, 4.69) is 54.4 Å². The summed E-state index contributed by atoms with van der Waals surface area (Å²) in [5.74, 6) is 1.92. The summed E-state index contributed by atoms with van der Waals surface area (Å²) in [6.45, 7) is 16.6. The lowest BCUT2D eigenvalue weighted by molar-refractivity contribution is 0.139. The number of aromatic nitrogens is 2. The first kappa shape index (κ1) is 20.7. The van der Waals surface area contributed by atoms with E-state index >= 15 is 0 Å². The molecule has 1 aromatic heterocycles. The molecule has 0 saturated carbocycles. The molecule has 2 heterocycles. The molecule has 1 saturated heterocycles. The Morgan fingerprint density at radius 3 is 2.58 bits per heavy atom. The third-order valence-electron chi connectivity index (χ3n) is 5.08. The van der Waals surface area contributed by atoms with Crippen molar-refractivity contribution >= 4 is 6.03 Å². The van der Waals surface area contributed by atoms with Gasteiger partial charge in [-0.2, -0.15) is 5.10 Å². The number of aryl methyl sites for hydroxylation is 2. The molecule has 1 aliphatic heterocycles. The molecule has 148 valence electrons. The number of likely N-dealkylation sites (tertiary alicyclic amines) is 1. The number of carbonyl (C=O) groups is 1. The molecule has 1 aliphatic rings. The molecular formula is C20H37N5O. The second kappa shape index (κ2) is 9.95. The lowest BCUT2D eigenvalue weighted by Crippen LogP contribution is -2.42. The fraction of sp³-hybridized carbons (Fsp3) is 0.800. The number of carbonyl (C=O) groups excluding carboxylic acids is 1. The van der Waals surface area contributed by atoms with E-state index in [1.807, 2.05) is 11.6 Å². The number of hydrogen-bond donors (Lipinski definition) is 2. The van der Waals surface area contributed by atoms with E-state index in [1.165, 1.54) is 25.2 Å².